The van der Waals surface area contributed by atoms with E-state index in [1.54, 1.807) is 25.5 Å². The molecular formula is C12H16F3NO4S. The predicted molar refractivity (Wildman–Crippen MR) is 70.2 cm³/mol. The van der Waals surface area contributed by atoms with E-state index in [0.29, 0.717) is 0 Å². The van der Waals surface area contributed by atoms with Crippen LogP contribution in [0.1, 0.15) is 37.5 Å². The molecule has 0 atom stereocenters. The average Bonchev–Trinajstić information content (AvgIpc) is 2.23. The van der Waals surface area contributed by atoms with Gasteiger partial charge in [0.15, 0.2) is 0 Å². The van der Waals surface area contributed by atoms with Crippen LogP contribution < -0.4 is 4.72 Å². The van der Waals surface area contributed by atoms with Crippen molar-refractivity contribution in [3.05, 3.63) is 28.8 Å². The van der Waals surface area contributed by atoms with Crippen molar-refractivity contribution in [1.29, 1.82) is 0 Å². The van der Waals surface area contributed by atoms with Gasteiger partial charge in [-0.1, -0.05) is 26.8 Å². The molecule has 21 heavy (non-hydrogen) atoms. The van der Waals surface area contributed by atoms with E-state index in [0.717, 1.165) is 6.07 Å². The van der Waals surface area contributed by atoms with Crippen molar-refractivity contribution in [2.45, 2.75) is 38.9 Å². The highest BCUT2D eigenvalue weighted by Gasteiger charge is 2.36. The van der Waals surface area contributed by atoms with Gasteiger partial charge in [-0.15, -0.1) is 0 Å². The van der Waals surface area contributed by atoms with Crippen LogP contribution in [0.15, 0.2) is 12.1 Å². The predicted octanol–water partition coefficient (Wildman–Crippen LogP) is 2.60. The molecule has 0 aliphatic rings. The third-order valence-corrected chi connectivity index (χ3v) is 3.31. The van der Waals surface area contributed by atoms with E-state index in [1.807, 2.05) is 0 Å². The third-order valence-electron chi connectivity index (χ3n) is 2.81. The number of phenols is 1. The van der Waals surface area contributed by atoms with Crippen molar-refractivity contribution >= 4 is 10.3 Å². The topological polar surface area (TPSA) is 86.6 Å². The second-order valence-electron chi connectivity index (χ2n) is 5.58. The van der Waals surface area contributed by atoms with Gasteiger partial charge in [0.25, 0.3) is 0 Å². The first-order valence-corrected chi connectivity index (χ1v) is 7.31. The molecule has 5 nitrogen and oxygen atoms in total. The minimum Gasteiger partial charge on any atom is -0.507 e. The molecule has 9 heteroatoms. The summed E-state index contributed by atoms with van der Waals surface area (Å²) in [5.41, 5.74) is -1.88. The summed E-state index contributed by atoms with van der Waals surface area (Å²) in [4.78, 5) is 0. The highest BCUT2D eigenvalue weighted by atomic mass is 32.2. The Bertz CT molecular complexity index is 633. The van der Waals surface area contributed by atoms with Gasteiger partial charge in [-0.25, -0.2) is 0 Å². The van der Waals surface area contributed by atoms with E-state index in [1.165, 1.54) is 6.07 Å². The molecule has 1 aromatic rings. The molecule has 1 aromatic carbocycles. The fraction of sp³-hybridized carbons (Fsp3) is 0.500. The maximum Gasteiger partial charge on any atom is 0.419 e. The second-order valence-corrected chi connectivity index (χ2v) is 6.81. The molecule has 0 fully saturated rings. The Morgan fingerprint density at radius 3 is 2.10 bits per heavy atom. The summed E-state index contributed by atoms with van der Waals surface area (Å²) >= 11 is 0. The van der Waals surface area contributed by atoms with Gasteiger partial charge < -0.3 is 5.11 Å². The number of aromatic hydroxyl groups is 1. The lowest BCUT2D eigenvalue weighted by molar-refractivity contribution is -0.138. The normalized spacial score (nSPS) is 13.5. The van der Waals surface area contributed by atoms with Gasteiger partial charge in [-0.3, -0.25) is 4.55 Å². The number of halogens is 3. The summed E-state index contributed by atoms with van der Waals surface area (Å²) < 4.78 is 70.2. The fourth-order valence-electron chi connectivity index (χ4n) is 1.65. The summed E-state index contributed by atoms with van der Waals surface area (Å²) in [5.74, 6) is -1.06. The van der Waals surface area contributed by atoms with Gasteiger partial charge in [-0.05, 0) is 17.0 Å². The number of hydrogen-bond acceptors (Lipinski definition) is 3. The first-order valence-electron chi connectivity index (χ1n) is 5.87. The number of nitrogens with one attached hydrogen (secondary N) is 1. The van der Waals surface area contributed by atoms with Crippen LogP contribution in [0.5, 0.6) is 5.75 Å². The van der Waals surface area contributed by atoms with Crippen molar-refractivity contribution in [2.24, 2.45) is 0 Å². The number of benzene rings is 1. The van der Waals surface area contributed by atoms with Crippen molar-refractivity contribution in [3.63, 3.8) is 0 Å². The Balaban J connectivity index is 3.42. The molecule has 0 bridgehead atoms. The van der Waals surface area contributed by atoms with E-state index in [-0.39, 0.29) is 11.1 Å². The number of phenolic OH excluding ortho intramolecular Hbond substituents is 1. The summed E-state index contributed by atoms with van der Waals surface area (Å²) in [6.45, 7) is 4.39. The van der Waals surface area contributed by atoms with Gasteiger partial charge in [-0.2, -0.15) is 26.3 Å². The molecule has 0 saturated carbocycles. The van der Waals surface area contributed by atoms with Gasteiger partial charge >= 0.3 is 16.5 Å². The minimum atomic E-state index is -4.78. The Labute approximate surface area is 120 Å². The first-order chi connectivity index (χ1) is 9.22. The summed E-state index contributed by atoms with van der Waals surface area (Å²) in [6, 6.07) is 2.09. The van der Waals surface area contributed by atoms with Crippen LogP contribution in [0.25, 0.3) is 0 Å². The van der Waals surface area contributed by atoms with E-state index < -0.39 is 39.8 Å². The molecule has 1 rings (SSSR count). The van der Waals surface area contributed by atoms with Crippen LogP contribution >= 0.6 is 0 Å². The maximum atomic E-state index is 12.9. The van der Waals surface area contributed by atoms with Crippen LogP contribution in [0.3, 0.4) is 0 Å². The SMILES string of the molecule is CC(C)(C)c1cc(CNS(=O)(=O)O)c(O)c(C(F)(F)F)c1. The van der Waals surface area contributed by atoms with Crippen LogP contribution in [0, 0.1) is 0 Å². The average molecular weight is 327 g/mol. The molecule has 0 radical (unpaired) electrons. The third kappa shape index (κ3) is 4.87. The Morgan fingerprint density at radius 1 is 1.19 bits per heavy atom. The largest absolute Gasteiger partial charge is 0.507 e. The molecular weight excluding hydrogens is 311 g/mol. The maximum absolute atomic E-state index is 12.9. The molecule has 0 heterocycles. The van der Waals surface area contributed by atoms with E-state index >= 15 is 0 Å². The lowest BCUT2D eigenvalue weighted by Gasteiger charge is -2.23. The zero-order valence-corrected chi connectivity index (χ0v) is 12.4. The molecule has 3 N–H and O–H groups in total. The molecule has 0 unspecified atom stereocenters. The molecule has 0 aliphatic carbocycles. The number of alkyl halides is 3. The van der Waals surface area contributed by atoms with Crippen LogP contribution in [-0.4, -0.2) is 18.1 Å². The molecule has 0 amide bonds. The number of hydrogen-bond donors (Lipinski definition) is 3. The Kier molecular flexibility index (Phi) is 4.62. The number of rotatable bonds is 3. The Morgan fingerprint density at radius 2 is 1.71 bits per heavy atom. The van der Waals surface area contributed by atoms with Gasteiger partial charge in [0.2, 0.25) is 0 Å². The summed E-state index contributed by atoms with van der Waals surface area (Å²) in [7, 11) is -4.58. The standard InChI is InChI=1S/C12H16F3NO4S/c1-11(2,3)8-4-7(6-16-21(18,19)20)10(17)9(5-8)12(13,14)15/h4-5,16-17H,6H2,1-3H3,(H,18,19,20). The monoisotopic (exact) mass is 327 g/mol. The van der Waals surface area contributed by atoms with Crippen molar-refractivity contribution < 1.29 is 31.2 Å². The summed E-state index contributed by atoms with van der Waals surface area (Å²) in [5, 5.41) is 9.67. The van der Waals surface area contributed by atoms with Crippen LogP contribution in [0.4, 0.5) is 13.2 Å². The molecule has 0 spiro atoms. The van der Waals surface area contributed by atoms with Gasteiger partial charge in [0, 0.05) is 12.1 Å². The van der Waals surface area contributed by atoms with E-state index in [9.17, 15) is 26.7 Å². The Hall–Kier alpha value is -1.32. The van der Waals surface area contributed by atoms with Crippen LogP contribution in [-0.2, 0) is 28.4 Å². The van der Waals surface area contributed by atoms with Crippen molar-refractivity contribution in [3.8, 4) is 5.75 Å². The zero-order valence-electron chi connectivity index (χ0n) is 11.6. The lowest BCUT2D eigenvalue weighted by atomic mass is 9.84. The quantitative estimate of drug-likeness (QED) is 0.745. The zero-order chi connectivity index (χ0) is 16.6. The first kappa shape index (κ1) is 17.7. The summed E-state index contributed by atoms with van der Waals surface area (Å²) in [6.07, 6.45) is -4.78. The fourth-order valence-corrected chi connectivity index (χ4v) is 1.99. The molecule has 0 aliphatic heterocycles. The smallest absolute Gasteiger partial charge is 0.419 e. The highest BCUT2D eigenvalue weighted by Crippen LogP contribution is 2.40. The van der Waals surface area contributed by atoms with Crippen molar-refractivity contribution in [1.82, 2.24) is 4.72 Å². The van der Waals surface area contributed by atoms with Crippen molar-refractivity contribution in [2.75, 3.05) is 0 Å². The van der Waals surface area contributed by atoms with E-state index in [2.05, 4.69) is 0 Å². The minimum absolute atomic E-state index is 0.271. The van der Waals surface area contributed by atoms with Crippen LogP contribution in [0.2, 0.25) is 0 Å². The van der Waals surface area contributed by atoms with E-state index in [4.69, 9.17) is 4.55 Å². The highest BCUT2D eigenvalue weighted by molar-refractivity contribution is 7.83. The van der Waals surface area contributed by atoms with Gasteiger partial charge in [0.1, 0.15) is 5.75 Å². The second kappa shape index (κ2) is 5.47. The molecule has 0 aromatic heterocycles. The van der Waals surface area contributed by atoms with Gasteiger partial charge in [0.05, 0.1) is 5.56 Å². The lowest BCUT2D eigenvalue weighted by Crippen LogP contribution is -2.23. The molecule has 120 valence electrons. The molecule has 0 saturated heterocycles.